The Bertz CT molecular complexity index is 526. The Kier molecular flexibility index (Phi) is 5.42. The molecule has 0 heterocycles. The summed E-state index contributed by atoms with van der Waals surface area (Å²) in [5.41, 5.74) is 4.13. The third kappa shape index (κ3) is 5.95. The first-order valence-corrected chi connectivity index (χ1v) is 9.72. The van der Waals surface area contributed by atoms with Crippen molar-refractivity contribution in [3.8, 4) is 23.8 Å². The van der Waals surface area contributed by atoms with E-state index in [1.54, 1.807) is 4.90 Å². The van der Waals surface area contributed by atoms with Gasteiger partial charge in [-0.25, -0.2) is 0 Å². The van der Waals surface area contributed by atoms with Crippen LogP contribution in [-0.2, 0) is 11.3 Å². The molecular weight excluding hydrogens is 250 g/mol. The van der Waals surface area contributed by atoms with Crippen LogP contribution in [0.15, 0.2) is 30.3 Å². The van der Waals surface area contributed by atoms with Crippen LogP contribution >= 0.6 is 0 Å². The molecule has 0 aliphatic rings. The van der Waals surface area contributed by atoms with Crippen LogP contribution in [0.5, 0.6) is 0 Å². The molecule has 98 valence electrons. The smallest absolute Gasteiger partial charge is 0.298 e. The van der Waals surface area contributed by atoms with Crippen LogP contribution in [-0.4, -0.2) is 25.4 Å². The van der Waals surface area contributed by atoms with Gasteiger partial charge in [0, 0.05) is 6.54 Å². The fraction of sp³-hybridized carbons (Fsp3) is 0.312. The van der Waals surface area contributed by atoms with E-state index < -0.39 is 8.07 Å². The summed E-state index contributed by atoms with van der Waals surface area (Å²) in [7, 11) is -1.54. The minimum Gasteiger partial charge on any atom is -0.316 e. The normalized spacial score (nSPS) is 10.0. The lowest BCUT2D eigenvalue weighted by molar-refractivity contribution is -0.125. The van der Waals surface area contributed by atoms with Gasteiger partial charge >= 0.3 is 0 Å². The number of carbonyl (C=O) groups excluding carboxylic acids is 1. The van der Waals surface area contributed by atoms with E-state index in [-0.39, 0.29) is 12.5 Å². The van der Waals surface area contributed by atoms with Gasteiger partial charge in [-0.1, -0.05) is 55.9 Å². The Morgan fingerprint density at radius 3 is 2.42 bits per heavy atom. The van der Waals surface area contributed by atoms with Gasteiger partial charge in [0.25, 0.3) is 5.91 Å². The third-order valence-corrected chi connectivity index (χ3v) is 3.21. The average molecular weight is 269 g/mol. The van der Waals surface area contributed by atoms with Crippen LogP contribution in [0.1, 0.15) is 5.56 Å². The van der Waals surface area contributed by atoms with Crippen molar-refractivity contribution in [2.75, 3.05) is 6.54 Å². The summed E-state index contributed by atoms with van der Waals surface area (Å²) >= 11 is 0. The van der Waals surface area contributed by atoms with Crippen molar-refractivity contribution in [3.63, 3.8) is 0 Å². The van der Waals surface area contributed by atoms with Crippen molar-refractivity contribution in [1.29, 1.82) is 0 Å². The topological polar surface area (TPSA) is 20.3 Å². The molecule has 0 fully saturated rings. The minimum atomic E-state index is -1.54. The van der Waals surface area contributed by atoms with Gasteiger partial charge < -0.3 is 4.90 Å². The molecule has 0 spiro atoms. The van der Waals surface area contributed by atoms with E-state index in [0.717, 1.165) is 5.56 Å². The molecule has 0 saturated carbocycles. The number of hydrogen-bond acceptors (Lipinski definition) is 1. The summed E-state index contributed by atoms with van der Waals surface area (Å²) in [4.78, 5) is 13.7. The van der Waals surface area contributed by atoms with Crippen molar-refractivity contribution in [2.45, 2.75) is 26.2 Å². The fourth-order valence-electron chi connectivity index (χ4n) is 1.43. The number of nitrogens with zero attached hydrogens (tertiary/aromatic N) is 1. The molecule has 0 N–H and O–H groups in total. The summed E-state index contributed by atoms with van der Waals surface area (Å²) in [6.07, 6.45) is 5.32. The second kappa shape index (κ2) is 6.83. The molecule has 0 aromatic heterocycles. The summed E-state index contributed by atoms with van der Waals surface area (Å²) in [6, 6.07) is 9.79. The second-order valence-corrected chi connectivity index (χ2v) is 10.1. The van der Waals surface area contributed by atoms with Crippen molar-refractivity contribution in [1.82, 2.24) is 4.90 Å². The van der Waals surface area contributed by atoms with E-state index in [1.165, 1.54) is 0 Å². The molecule has 3 heteroatoms. The Labute approximate surface area is 116 Å². The van der Waals surface area contributed by atoms with E-state index in [4.69, 9.17) is 6.42 Å². The predicted molar refractivity (Wildman–Crippen MR) is 81.8 cm³/mol. The maximum Gasteiger partial charge on any atom is 0.298 e. The molecule has 19 heavy (non-hydrogen) atoms. The van der Waals surface area contributed by atoms with Crippen LogP contribution in [0, 0.1) is 23.8 Å². The number of hydrogen-bond donors (Lipinski definition) is 0. The number of benzene rings is 1. The van der Waals surface area contributed by atoms with Gasteiger partial charge in [0.15, 0.2) is 0 Å². The molecule has 0 unspecified atom stereocenters. The Balaban J connectivity index is 2.80. The summed E-state index contributed by atoms with van der Waals surface area (Å²) < 4.78 is 0. The van der Waals surface area contributed by atoms with Crippen molar-refractivity contribution < 1.29 is 4.79 Å². The lowest BCUT2D eigenvalue weighted by Crippen LogP contribution is -2.30. The van der Waals surface area contributed by atoms with Crippen LogP contribution in [0.4, 0.5) is 0 Å². The quantitative estimate of drug-likeness (QED) is 0.610. The van der Waals surface area contributed by atoms with Crippen LogP contribution in [0.3, 0.4) is 0 Å². The SMILES string of the molecule is C#CCN(Cc1ccccc1)C(=O)C#C[Si](C)(C)C. The number of terminal acetylenes is 1. The van der Waals surface area contributed by atoms with Gasteiger partial charge in [-0.2, -0.15) is 0 Å². The van der Waals surface area contributed by atoms with Gasteiger partial charge in [0.05, 0.1) is 6.54 Å². The van der Waals surface area contributed by atoms with Crippen molar-refractivity contribution in [3.05, 3.63) is 35.9 Å². The van der Waals surface area contributed by atoms with Crippen molar-refractivity contribution in [2.24, 2.45) is 0 Å². The van der Waals surface area contributed by atoms with E-state index in [9.17, 15) is 4.79 Å². The molecule has 0 bridgehead atoms. The van der Waals surface area contributed by atoms with Gasteiger partial charge in [0.2, 0.25) is 0 Å². The molecule has 0 atom stereocenters. The Morgan fingerprint density at radius 1 is 1.26 bits per heavy atom. The molecule has 2 nitrogen and oxygen atoms in total. The van der Waals surface area contributed by atoms with Crippen molar-refractivity contribution >= 4 is 14.0 Å². The first-order chi connectivity index (χ1) is 8.92. The number of amides is 1. The maximum atomic E-state index is 12.1. The Morgan fingerprint density at radius 2 is 1.89 bits per heavy atom. The van der Waals surface area contributed by atoms with E-state index in [2.05, 4.69) is 37.0 Å². The zero-order valence-electron chi connectivity index (χ0n) is 11.7. The molecule has 0 radical (unpaired) electrons. The Hall–Kier alpha value is -1.97. The van der Waals surface area contributed by atoms with Gasteiger partial charge in [0.1, 0.15) is 8.07 Å². The first kappa shape index (κ1) is 15.1. The summed E-state index contributed by atoms with van der Waals surface area (Å²) in [6.45, 7) is 7.11. The molecule has 1 amide bonds. The highest BCUT2D eigenvalue weighted by molar-refractivity contribution is 6.84. The molecular formula is C16H19NOSi. The van der Waals surface area contributed by atoms with E-state index in [0.29, 0.717) is 6.54 Å². The summed E-state index contributed by atoms with van der Waals surface area (Å²) in [5.74, 6) is 5.06. The number of carbonyl (C=O) groups is 1. The standard InChI is InChI=1S/C16H19NOSi/c1-5-12-17(14-15-9-7-6-8-10-15)16(18)11-13-19(2,3)4/h1,6-10H,12,14H2,2-4H3. The highest BCUT2D eigenvalue weighted by atomic mass is 28.3. The zero-order valence-corrected chi connectivity index (χ0v) is 12.7. The molecule has 1 aromatic carbocycles. The van der Waals surface area contributed by atoms with Gasteiger partial charge in [-0.3, -0.25) is 4.79 Å². The molecule has 1 aromatic rings. The lowest BCUT2D eigenvalue weighted by Gasteiger charge is -2.17. The largest absolute Gasteiger partial charge is 0.316 e. The minimum absolute atomic E-state index is 0.191. The lowest BCUT2D eigenvalue weighted by atomic mass is 10.2. The molecule has 0 saturated heterocycles. The monoisotopic (exact) mass is 269 g/mol. The third-order valence-electron chi connectivity index (χ3n) is 2.33. The highest BCUT2D eigenvalue weighted by Crippen LogP contribution is 2.04. The predicted octanol–water partition coefficient (Wildman–Crippen LogP) is 2.53. The van der Waals surface area contributed by atoms with Gasteiger partial charge in [-0.05, 0) is 11.5 Å². The second-order valence-electron chi connectivity index (χ2n) is 5.35. The summed E-state index contributed by atoms with van der Waals surface area (Å²) in [5, 5.41) is 0. The van der Waals surface area contributed by atoms with Crippen LogP contribution in [0.2, 0.25) is 19.6 Å². The van der Waals surface area contributed by atoms with Crippen LogP contribution < -0.4 is 0 Å². The maximum absolute atomic E-state index is 12.1. The highest BCUT2D eigenvalue weighted by Gasteiger charge is 2.13. The molecule has 0 aliphatic heterocycles. The zero-order chi connectivity index (χ0) is 14.3. The molecule has 0 aliphatic carbocycles. The first-order valence-electron chi connectivity index (χ1n) is 6.22. The van der Waals surface area contributed by atoms with Crippen LogP contribution in [0.25, 0.3) is 0 Å². The van der Waals surface area contributed by atoms with E-state index in [1.807, 2.05) is 30.3 Å². The molecule has 1 rings (SSSR count). The number of rotatable bonds is 3. The average Bonchev–Trinajstić information content (AvgIpc) is 2.36. The fourth-order valence-corrected chi connectivity index (χ4v) is 1.92. The van der Waals surface area contributed by atoms with Gasteiger partial charge in [-0.15, -0.1) is 12.0 Å². The van der Waals surface area contributed by atoms with E-state index >= 15 is 0 Å².